The van der Waals surface area contributed by atoms with Crippen molar-refractivity contribution < 1.29 is 9.47 Å². The van der Waals surface area contributed by atoms with Crippen LogP contribution in [0.5, 0.6) is 0 Å². The highest BCUT2D eigenvalue weighted by atomic mass is 16.5. The Morgan fingerprint density at radius 2 is 1.90 bits per heavy atom. The first kappa shape index (κ1) is 14.8. The van der Waals surface area contributed by atoms with Gasteiger partial charge in [0.15, 0.2) is 0 Å². The molecule has 4 nitrogen and oxygen atoms in total. The second kappa shape index (κ2) is 5.24. The maximum atomic E-state index is 5.88. The van der Waals surface area contributed by atoms with Crippen molar-refractivity contribution in [2.24, 2.45) is 11.3 Å². The predicted octanol–water partition coefficient (Wildman–Crippen LogP) is 1.50. The van der Waals surface area contributed by atoms with E-state index in [0.717, 1.165) is 45.4 Å². The standard InChI is InChI=1S/C16H30N2O2/c1-15(2,18-6-9-19-10-7-18)11-17-13-12-5-8-20-14(12)16(13,3)4/h12-14,17H,5-11H2,1-4H3. The molecule has 0 amide bonds. The molecule has 0 aromatic heterocycles. The number of ether oxygens (including phenoxy) is 2. The summed E-state index contributed by atoms with van der Waals surface area (Å²) in [5, 5.41) is 3.86. The Hall–Kier alpha value is -0.160. The molecule has 116 valence electrons. The van der Waals surface area contributed by atoms with Gasteiger partial charge < -0.3 is 14.8 Å². The number of rotatable bonds is 4. The van der Waals surface area contributed by atoms with Crippen LogP contribution in [0.25, 0.3) is 0 Å². The van der Waals surface area contributed by atoms with Crippen molar-refractivity contribution in [1.29, 1.82) is 0 Å². The Kier molecular flexibility index (Phi) is 3.87. The van der Waals surface area contributed by atoms with Gasteiger partial charge in [-0.15, -0.1) is 0 Å². The maximum absolute atomic E-state index is 5.88. The molecule has 0 aromatic carbocycles. The molecule has 4 heteroatoms. The van der Waals surface area contributed by atoms with E-state index in [0.29, 0.717) is 12.1 Å². The van der Waals surface area contributed by atoms with E-state index in [2.05, 4.69) is 37.9 Å². The van der Waals surface area contributed by atoms with Crippen molar-refractivity contribution >= 4 is 0 Å². The number of nitrogens with one attached hydrogen (secondary N) is 1. The first-order chi connectivity index (χ1) is 9.43. The molecule has 3 aliphatic rings. The number of hydrogen-bond acceptors (Lipinski definition) is 4. The van der Waals surface area contributed by atoms with Crippen LogP contribution in [0.1, 0.15) is 34.1 Å². The van der Waals surface area contributed by atoms with Gasteiger partial charge in [-0.05, 0) is 20.3 Å². The van der Waals surface area contributed by atoms with Gasteiger partial charge in [-0.3, -0.25) is 4.90 Å². The largest absolute Gasteiger partial charge is 0.379 e. The van der Waals surface area contributed by atoms with E-state index in [-0.39, 0.29) is 11.0 Å². The number of fused-ring (bicyclic) bond motifs is 1. The fourth-order valence-electron chi connectivity index (χ4n) is 4.38. The molecule has 3 atom stereocenters. The quantitative estimate of drug-likeness (QED) is 0.847. The Morgan fingerprint density at radius 3 is 2.60 bits per heavy atom. The summed E-state index contributed by atoms with van der Waals surface area (Å²) in [6.07, 6.45) is 1.70. The lowest BCUT2D eigenvalue weighted by atomic mass is 9.57. The monoisotopic (exact) mass is 282 g/mol. The molecule has 0 spiro atoms. The summed E-state index contributed by atoms with van der Waals surface area (Å²) in [4.78, 5) is 2.55. The zero-order valence-electron chi connectivity index (χ0n) is 13.4. The van der Waals surface area contributed by atoms with E-state index in [1.54, 1.807) is 0 Å². The Morgan fingerprint density at radius 1 is 1.20 bits per heavy atom. The summed E-state index contributed by atoms with van der Waals surface area (Å²) in [6, 6.07) is 0.607. The Balaban J connectivity index is 1.56. The van der Waals surface area contributed by atoms with Crippen molar-refractivity contribution in [3.05, 3.63) is 0 Å². The molecule has 3 fully saturated rings. The molecule has 2 heterocycles. The molecule has 20 heavy (non-hydrogen) atoms. The van der Waals surface area contributed by atoms with Crippen LogP contribution in [-0.2, 0) is 9.47 Å². The Labute approximate surface area is 123 Å². The van der Waals surface area contributed by atoms with E-state index in [1.807, 2.05) is 0 Å². The average Bonchev–Trinajstić information content (AvgIpc) is 2.86. The lowest BCUT2D eigenvalue weighted by Crippen LogP contribution is -2.68. The third-order valence-corrected chi connectivity index (χ3v) is 5.72. The lowest BCUT2D eigenvalue weighted by Gasteiger charge is -2.56. The molecule has 0 radical (unpaired) electrons. The van der Waals surface area contributed by atoms with Gasteiger partial charge in [0.2, 0.25) is 0 Å². The van der Waals surface area contributed by atoms with E-state index < -0.39 is 0 Å². The number of hydrogen-bond donors (Lipinski definition) is 1. The van der Waals surface area contributed by atoms with Crippen LogP contribution in [-0.4, -0.2) is 62.0 Å². The van der Waals surface area contributed by atoms with Gasteiger partial charge in [-0.1, -0.05) is 13.8 Å². The summed E-state index contributed by atoms with van der Waals surface area (Å²) >= 11 is 0. The topological polar surface area (TPSA) is 33.7 Å². The first-order valence-electron chi connectivity index (χ1n) is 8.11. The predicted molar refractivity (Wildman–Crippen MR) is 79.9 cm³/mol. The van der Waals surface area contributed by atoms with Crippen molar-refractivity contribution in [2.45, 2.75) is 51.8 Å². The molecule has 2 saturated heterocycles. The van der Waals surface area contributed by atoms with Crippen molar-refractivity contribution in [3.8, 4) is 0 Å². The maximum Gasteiger partial charge on any atom is 0.0685 e. The van der Waals surface area contributed by atoms with Gasteiger partial charge in [-0.2, -0.15) is 0 Å². The molecular weight excluding hydrogens is 252 g/mol. The van der Waals surface area contributed by atoms with Gasteiger partial charge in [0.25, 0.3) is 0 Å². The van der Waals surface area contributed by atoms with Crippen LogP contribution >= 0.6 is 0 Å². The van der Waals surface area contributed by atoms with Gasteiger partial charge in [0, 0.05) is 49.2 Å². The molecule has 2 aliphatic heterocycles. The number of nitrogens with zero attached hydrogens (tertiary/aromatic N) is 1. The lowest BCUT2D eigenvalue weighted by molar-refractivity contribution is -0.115. The molecule has 3 rings (SSSR count). The van der Waals surface area contributed by atoms with E-state index in [9.17, 15) is 0 Å². The minimum absolute atomic E-state index is 0.199. The van der Waals surface area contributed by atoms with E-state index in [1.165, 1.54) is 6.42 Å². The molecule has 1 N–H and O–H groups in total. The van der Waals surface area contributed by atoms with Crippen LogP contribution in [0, 0.1) is 11.3 Å². The van der Waals surface area contributed by atoms with Crippen molar-refractivity contribution in [3.63, 3.8) is 0 Å². The van der Waals surface area contributed by atoms with Crippen molar-refractivity contribution in [2.75, 3.05) is 39.5 Å². The van der Waals surface area contributed by atoms with Crippen LogP contribution < -0.4 is 5.32 Å². The van der Waals surface area contributed by atoms with Crippen LogP contribution in [0.3, 0.4) is 0 Å². The van der Waals surface area contributed by atoms with Crippen molar-refractivity contribution in [1.82, 2.24) is 10.2 Å². The molecule has 1 aliphatic carbocycles. The van der Waals surface area contributed by atoms with Gasteiger partial charge in [0.05, 0.1) is 19.3 Å². The smallest absolute Gasteiger partial charge is 0.0685 e. The fraction of sp³-hybridized carbons (Fsp3) is 1.00. The normalized spacial score (nSPS) is 37.5. The molecular formula is C16H30N2O2. The van der Waals surface area contributed by atoms with E-state index >= 15 is 0 Å². The molecule has 0 aromatic rings. The van der Waals surface area contributed by atoms with Gasteiger partial charge >= 0.3 is 0 Å². The third-order valence-electron chi connectivity index (χ3n) is 5.72. The third kappa shape index (κ3) is 2.41. The van der Waals surface area contributed by atoms with Gasteiger partial charge in [0.1, 0.15) is 0 Å². The van der Waals surface area contributed by atoms with Crippen LogP contribution in [0.4, 0.5) is 0 Å². The van der Waals surface area contributed by atoms with Gasteiger partial charge in [-0.25, -0.2) is 0 Å². The minimum atomic E-state index is 0.199. The second-order valence-corrected chi connectivity index (χ2v) is 7.84. The Bertz CT molecular complexity index is 350. The summed E-state index contributed by atoms with van der Waals surface area (Å²) in [5.74, 6) is 0.727. The molecule has 0 bridgehead atoms. The molecule has 3 unspecified atom stereocenters. The fourth-order valence-corrected chi connectivity index (χ4v) is 4.38. The highest BCUT2D eigenvalue weighted by molar-refractivity contribution is 5.11. The summed E-state index contributed by atoms with van der Waals surface area (Å²) in [6.45, 7) is 15.2. The highest BCUT2D eigenvalue weighted by Gasteiger charge is 2.59. The summed E-state index contributed by atoms with van der Waals surface area (Å²) < 4.78 is 11.3. The first-order valence-corrected chi connectivity index (χ1v) is 8.11. The zero-order chi connectivity index (χ0) is 14.4. The summed E-state index contributed by atoms with van der Waals surface area (Å²) in [5.41, 5.74) is 0.479. The highest BCUT2D eigenvalue weighted by Crippen LogP contribution is 2.52. The average molecular weight is 282 g/mol. The van der Waals surface area contributed by atoms with E-state index in [4.69, 9.17) is 9.47 Å². The van der Waals surface area contributed by atoms with Crippen LogP contribution in [0.15, 0.2) is 0 Å². The number of morpholine rings is 1. The zero-order valence-corrected chi connectivity index (χ0v) is 13.4. The SMILES string of the molecule is CC1(C)C(NCC(C)(C)N2CCOCC2)C2CCOC21. The minimum Gasteiger partial charge on any atom is -0.379 e. The summed E-state index contributed by atoms with van der Waals surface area (Å²) in [7, 11) is 0. The second-order valence-electron chi connectivity index (χ2n) is 7.84. The van der Waals surface area contributed by atoms with Crippen LogP contribution in [0.2, 0.25) is 0 Å². The molecule has 1 saturated carbocycles.